The molecule has 2 heterocycles. The maximum atomic E-state index is 12.4. The molecule has 1 unspecified atom stereocenters. The van der Waals surface area contributed by atoms with Crippen molar-refractivity contribution in [3.63, 3.8) is 0 Å². The number of carbonyl (C=O) groups excluding carboxylic acids is 1. The molecule has 0 radical (unpaired) electrons. The summed E-state index contributed by atoms with van der Waals surface area (Å²) in [6.45, 7) is 10.0. The van der Waals surface area contributed by atoms with Crippen LogP contribution in [-0.2, 0) is 20.8 Å². The molecular weight excluding hydrogens is 356 g/mol. The lowest BCUT2D eigenvalue weighted by Gasteiger charge is -2.31. The Balaban J connectivity index is 1.60. The average Bonchev–Trinajstić information content (AvgIpc) is 2.61. The Morgan fingerprint density at radius 1 is 1.32 bits per heavy atom. The van der Waals surface area contributed by atoms with Gasteiger partial charge in [0.2, 0.25) is 0 Å². The number of nitrogens with one attached hydrogen (secondary N) is 1. The minimum absolute atomic E-state index is 0.0562. The lowest BCUT2D eigenvalue weighted by Crippen LogP contribution is -2.36. The van der Waals surface area contributed by atoms with Gasteiger partial charge in [0.15, 0.2) is 0 Å². The summed E-state index contributed by atoms with van der Waals surface area (Å²) in [5.41, 5.74) is 6.75. The standard InChI is InChI=1S/C21H34N4O3/c1-21(2,3)28-20(26)16-5-4-6-17(13-16)23-19-12-15(11-18(22)24-19)14-25-7-9-27-10-8-25/h11-12,16-17H,4-10,13-14H2,1-3H3,(H3,22,23,24)/t16?,17-/m0/s1. The van der Waals surface area contributed by atoms with Crippen molar-refractivity contribution in [1.29, 1.82) is 0 Å². The first kappa shape index (κ1) is 20.9. The summed E-state index contributed by atoms with van der Waals surface area (Å²) in [5, 5.41) is 3.50. The van der Waals surface area contributed by atoms with Crippen molar-refractivity contribution in [3.8, 4) is 0 Å². The van der Waals surface area contributed by atoms with Crippen LogP contribution >= 0.6 is 0 Å². The summed E-state index contributed by atoms with van der Waals surface area (Å²) in [6, 6.07) is 4.21. The molecule has 3 N–H and O–H groups in total. The SMILES string of the molecule is CC(C)(C)OC(=O)C1CCC[C@H](Nc2cc(CN3CCOCC3)cc(N)n2)C1. The number of anilines is 2. The van der Waals surface area contributed by atoms with Gasteiger partial charge in [0, 0.05) is 25.7 Å². The molecule has 1 aliphatic carbocycles. The van der Waals surface area contributed by atoms with E-state index >= 15 is 0 Å². The number of esters is 1. The number of nitrogens with zero attached hydrogens (tertiary/aromatic N) is 2. The molecule has 156 valence electrons. The molecule has 2 aliphatic rings. The van der Waals surface area contributed by atoms with Gasteiger partial charge in [0.1, 0.15) is 17.2 Å². The molecule has 28 heavy (non-hydrogen) atoms. The van der Waals surface area contributed by atoms with Crippen LogP contribution in [-0.4, -0.2) is 53.8 Å². The van der Waals surface area contributed by atoms with Crippen molar-refractivity contribution in [1.82, 2.24) is 9.88 Å². The van der Waals surface area contributed by atoms with Gasteiger partial charge in [-0.1, -0.05) is 6.42 Å². The molecule has 2 atom stereocenters. The fourth-order valence-corrected chi connectivity index (χ4v) is 3.92. The van der Waals surface area contributed by atoms with Crippen molar-refractivity contribution in [2.75, 3.05) is 37.4 Å². The fourth-order valence-electron chi connectivity index (χ4n) is 3.92. The molecule has 1 saturated heterocycles. The van der Waals surface area contributed by atoms with Gasteiger partial charge >= 0.3 is 5.97 Å². The molecule has 1 aromatic rings. The number of hydrogen-bond acceptors (Lipinski definition) is 7. The number of hydrogen-bond donors (Lipinski definition) is 2. The molecule has 1 saturated carbocycles. The van der Waals surface area contributed by atoms with Crippen molar-refractivity contribution in [2.45, 2.75) is 64.6 Å². The van der Waals surface area contributed by atoms with E-state index in [2.05, 4.69) is 21.3 Å². The van der Waals surface area contributed by atoms with E-state index in [1.165, 1.54) is 0 Å². The van der Waals surface area contributed by atoms with E-state index in [0.29, 0.717) is 5.82 Å². The van der Waals surface area contributed by atoms with Crippen molar-refractivity contribution >= 4 is 17.6 Å². The summed E-state index contributed by atoms with van der Waals surface area (Å²) in [7, 11) is 0. The third-order valence-electron chi connectivity index (χ3n) is 5.18. The van der Waals surface area contributed by atoms with Gasteiger partial charge in [-0.05, 0) is 57.7 Å². The highest BCUT2D eigenvalue weighted by Crippen LogP contribution is 2.29. The van der Waals surface area contributed by atoms with Gasteiger partial charge in [-0.25, -0.2) is 4.98 Å². The quantitative estimate of drug-likeness (QED) is 0.747. The van der Waals surface area contributed by atoms with E-state index < -0.39 is 5.60 Å². The number of nitrogen functional groups attached to an aromatic ring is 1. The Morgan fingerprint density at radius 2 is 2.07 bits per heavy atom. The second kappa shape index (κ2) is 9.09. The molecule has 0 bridgehead atoms. The fraction of sp³-hybridized carbons (Fsp3) is 0.714. The number of ether oxygens (including phenoxy) is 2. The van der Waals surface area contributed by atoms with Gasteiger partial charge in [-0.3, -0.25) is 9.69 Å². The van der Waals surface area contributed by atoms with Crippen molar-refractivity contribution < 1.29 is 14.3 Å². The van der Waals surface area contributed by atoms with Gasteiger partial charge in [0.05, 0.1) is 19.1 Å². The van der Waals surface area contributed by atoms with Gasteiger partial charge in [-0.2, -0.15) is 0 Å². The minimum Gasteiger partial charge on any atom is -0.460 e. The van der Waals surface area contributed by atoms with Crippen molar-refractivity contribution in [2.24, 2.45) is 5.92 Å². The highest BCUT2D eigenvalue weighted by atomic mass is 16.6. The van der Waals surface area contributed by atoms with Crippen molar-refractivity contribution in [3.05, 3.63) is 17.7 Å². The molecule has 3 rings (SSSR count). The van der Waals surface area contributed by atoms with Crippen LogP contribution in [0, 0.1) is 5.92 Å². The Kier molecular flexibility index (Phi) is 6.78. The number of pyridine rings is 1. The third kappa shape index (κ3) is 6.34. The number of carbonyl (C=O) groups is 1. The second-order valence-electron chi connectivity index (χ2n) is 8.91. The highest BCUT2D eigenvalue weighted by molar-refractivity contribution is 5.73. The van der Waals surface area contributed by atoms with E-state index in [9.17, 15) is 4.79 Å². The molecule has 1 aromatic heterocycles. The second-order valence-corrected chi connectivity index (χ2v) is 8.91. The number of morpholine rings is 1. The van der Waals surface area contributed by atoms with E-state index in [1.54, 1.807) is 0 Å². The predicted octanol–water partition coefficient (Wildman–Crippen LogP) is 2.81. The summed E-state index contributed by atoms with van der Waals surface area (Å²) in [5.74, 6) is 1.16. The lowest BCUT2D eigenvalue weighted by atomic mass is 9.85. The lowest BCUT2D eigenvalue weighted by molar-refractivity contribution is -0.161. The van der Waals surface area contributed by atoms with Gasteiger partial charge in [-0.15, -0.1) is 0 Å². The zero-order chi connectivity index (χ0) is 20.1. The van der Waals surface area contributed by atoms with Crippen LogP contribution in [0.25, 0.3) is 0 Å². The van der Waals surface area contributed by atoms with E-state index in [0.717, 1.165) is 69.9 Å². The zero-order valence-electron chi connectivity index (χ0n) is 17.4. The Hall–Kier alpha value is -1.86. The first-order valence-electron chi connectivity index (χ1n) is 10.3. The van der Waals surface area contributed by atoms with Gasteiger partial charge in [0.25, 0.3) is 0 Å². The van der Waals surface area contributed by atoms with Crippen LogP contribution < -0.4 is 11.1 Å². The number of aromatic nitrogens is 1. The predicted molar refractivity (Wildman–Crippen MR) is 110 cm³/mol. The molecule has 0 spiro atoms. The number of rotatable bonds is 5. The Morgan fingerprint density at radius 3 is 2.79 bits per heavy atom. The highest BCUT2D eigenvalue weighted by Gasteiger charge is 2.31. The van der Waals surface area contributed by atoms with Crippen LogP contribution in [0.4, 0.5) is 11.6 Å². The first-order chi connectivity index (χ1) is 13.3. The largest absolute Gasteiger partial charge is 0.460 e. The summed E-state index contributed by atoms with van der Waals surface area (Å²) < 4.78 is 11.0. The monoisotopic (exact) mass is 390 g/mol. The topological polar surface area (TPSA) is 89.7 Å². The summed E-state index contributed by atoms with van der Waals surface area (Å²) in [6.07, 6.45) is 3.68. The van der Waals surface area contributed by atoms with Crippen LogP contribution in [0.3, 0.4) is 0 Å². The smallest absolute Gasteiger partial charge is 0.309 e. The maximum absolute atomic E-state index is 12.4. The first-order valence-corrected chi connectivity index (χ1v) is 10.3. The Labute approximate surface area is 168 Å². The van der Waals surface area contributed by atoms with E-state index in [4.69, 9.17) is 15.2 Å². The molecule has 2 fully saturated rings. The number of nitrogens with two attached hydrogens (primary N) is 1. The molecule has 7 nitrogen and oxygen atoms in total. The third-order valence-corrected chi connectivity index (χ3v) is 5.18. The molecule has 1 aliphatic heterocycles. The van der Waals surface area contributed by atoms with Crippen LogP contribution in [0.15, 0.2) is 12.1 Å². The summed E-state index contributed by atoms with van der Waals surface area (Å²) >= 11 is 0. The van der Waals surface area contributed by atoms with Crippen LogP contribution in [0.5, 0.6) is 0 Å². The minimum atomic E-state index is -0.443. The molecular formula is C21H34N4O3. The van der Waals surface area contributed by atoms with E-state index in [-0.39, 0.29) is 17.9 Å². The van der Waals surface area contributed by atoms with E-state index in [1.807, 2.05) is 26.8 Å². The van der Waals surface area contributed by atoms with Crippen LogP contribution in [0.2, 0.25) is 0 Å². The normalized spacial score (nSPS) is 24.0. The van der Waals surface area contributed by atoms with Gasteiger partial charge < -0.3 is 20.5 Å². The molecule has 7 heteroatoms. The zero-order valence-corrected chi connectivity index (χ0v) is 17.4. The molecule has 0 aromatic carbocycles. The molecule has 0 amide bonds. The maximum Gasteiger partial charge on any atom is 0.309 e. The summed E-state index contributed by atoms with van der Waals surface area (Å²) in [4.78, 5) is 19.3. The Bertz CT molecular complexity index is 668. The van der Waals surface area contributed by atoms with Crippen LogP contribution in [0.1, 0.15) is 52.0 Å². The average molecular weight is 391 g/mol.